The summed E-state index contributed by atoms with van der Waals surface area (Å²) < 4.78 is 19.4. The normalized spacial score (nSPS) is 13.4. The highest BCUT2D eigenvalue weighted by molar-refractivity contribution is 5.30. The molecule has 1 aromatic rings. The molecule has 0 aliphatic carbocycles. The Morgan fingerprint density at radius 1 is 1.33 bits per heavy atom. The van der Waals surface area contributed by atoms with Crippen LogP contribution in [0.15, 0.2) is 18.2 Å². The van der Waals surface area contributed by atoms with Crippen LogP contribution in [0.25, 0.3) is 0 Å². The summed E-state index contributed by atoms with van der Waals surface area (Å²) in [4.78, 5) is 0. The van der Waals surface area contributed by atoms with E-state index >= 15 is 0 Å². The van der Waals surface area contributed by atoms with Gasteiger partial charge in [-0.25, -0.2) is 4.39 Å². The molecular weight excluding hydrogens is 229 g/mol. The predicted molar refractivity (Wildman–Crippen MR) is 73.6 cm³/mol. The van der Waals surface area contributed by atoms with Gasteiger partial charge in [-0.2, -0.15) is 0 Å². The summed E-state index contributed by atoms with van der Waals surface area (Å²) in [5.41, 5.74) is 0.694. The van der Waals surface area contributed by atoms with Crippen molar-refractivity contribution in [2.24, 2.45) is 5.41 Å². The zero-order chi connectivity index (χ0) is 13.8. The van der Waals surface area contributed by atoms with Crippen LogP contribution >= 0.6 is 0 Å². The second-order valence-electron chi connectivity index (χ2n) is 5.67. The summed E-state index contributed by atoms with van der Waals surface area (Å²) in [7, 11) is 0. The first-order valence-corrected chi connectivity index (χ1v) is 6.47. The first-order chi connectivity index (χ1) is 8.36. The molecule has 0 spiro atoms. The number of rotatable bonds is 5. The molecule has 1 aromatic carbocycles. The monoisotopic (exact) mass is 253 g/mol. The Bertz CT molecular complexity index is 385. The van der Waals surface area contributed by atoms with E-state index in [0.29, 0.717) is 17.9 Å². The lowest BCUT2D eigenvalue weighted by Gasteiger charge is -2.31. The summed E-state index contributed by atoms with van der Waals surface area (Å²) in [5.74, 6) is 0.0730. The minimum Gasteiger partial charge on any atom is -0.489 e. The van der Waals surface area contributed by atoms with E-state index in [1.54, 1.807) is 19.1 Å². The summed E-state index contributed by atoms with van der Waals surface area (Å²) >= 11 is 0. The Labute approximate surface area is 110 Å². The van der Waals surface area contributed by atoms with E-state index in [-0.39, 0.29) is 17.3 Å². The molecule has 1 rings (SSSR count). The highest BCUT2D eigenvalue weighted by atomic mass is 19.1. The second-order valence-corrected chi connectivity index (χ2v) is 5.67. The number of hydrogen-bond acceptors (Lipinski definition) is 2. The maximum Gasteiger partial charge on any atom is 0.167 e. The molecule has 1 N–H and O–H groups in total. The number of hydrogen-bond donors (Lipinski definition) is 1. The number of likely N-dealkylation sites (N-methyl/N-ethyl adjacent to an activating group) is 1. The van der Waals surface area contributed by atoms with Crippen molar-refractivity contribution in [3.05, 3.63) is 29.6 Å². The van der Waals surface area contributed by atoms with E-state index in [4.69, 9.17) is 4.74 Å². The van der Waals surface area contributed by atoms with Gasteiger partial charge in [0.15, 0.2) is 11.6 Å². The van der Waals surface area contributed by atoms with Gasteiger partial charge in [0.1, 0.15) is 6.61 Å². The third-order valence-electron chi connectivity index (χ3n) is 3.06. The average Bonchev–Trinajstić information content (AvgIpc) is 2.28. The van der Waals surface area contributed by atoms with Crippen molar-refractivity contribution < 1.29 is 9.13 Å². The van der Waals surface area contributed by atoms with Crippen molar-refractivity contribution in [1.29, 1.82) is 0 Å². The summed E-state index contributed by atoms with van der Waals surface area (Å²) in [6, 6.07) is 5.43. The largest absolute Gasteiger partial charge is 0.489 e. The fraction of sp³-hybridized carbons (Fsp3) is 0.600. The predicted octanol–water partition coefficient (Wildman–Crippen LogP) is 3.54. The van der Waals surface area contributed by atoms with E-state index in [9.17, 15) is 4.39 Å². The number of nitrogens with one attached hydrogen (secondary N) is 1. The highest BCUT2D eigenvalue weighted by Gasteiger charge is 2.24. The van der Waals surface area contributed by atoms with Crippen molar-refractivity contribution in [1.82, 2.24) is 5.32 Å². The standard InChI is InChI=1S/C15H24FNO/c1-6-17-13(15(3,4)5)10-18-12-9-7-8-11(2)14(12)16/h7-9,13,17H,6,10H2,1-5H3. The van der Waals surface area contributed by atoms with Crippen LogP contribution in [0.1, 0.15) is 33.3 Å². The second kappa shape index (κ2) is 6.19. The number of ether oxygens (including phenoxy) is 1. The molecule has 0 amide bonds. The number of benzene rings is 1. The first-order valence-electron chi connectivity index (χ1n) is 6.47. The zero-order valence-electron chi connectivity index (χ0n) is 12.0. The van der Waals surface area contributed by atoms with Crippen LogP contribution in [0.3, 0.4) is 0 Å². The van der Waals surface area contributed by atoms with Crippen LogP contribution in [0.5, 0.6) is 5.75 Å². The van der Waals surface area contributed by atoms with E-state index in [1.165, 1.54) is 0 Å². The van der Waals surface area contributed by atoms with Crippen molar-refractivity contribution in [3.8, 4) is 5.75 Å². The van der Waals surface area contributed by atoms with Crippen molar-refractivity contribution in [3.63, 3.8) is 0 Å². The third kappa shape index (κ3) is 3.98. The SMILES string of the molecule is CCNC(COc1cccc(C)c1F)C(C)(C)C. The van der Waals surface area contributed by atoms with Gasteiger partial charge in [0, 0.05) is 6.04 Å². The average molecular weight is 253 g/mol. The van der Waals surface area contributed by atoms with Gasteiger partial charge in [-0.1, -0.05) is 39.8 Å². The Kier molecular flexibility index (Phi) is 5.15. The summed E-state index contributed by atoms with van der Waals surface area (Å²) in [6.07, 6.45) is 0. The van der Waals surface area contributed by atoms with Crippen molar-refractivity contribution in [2.75, 3.05) is 13.2 Å². The molecule has 1 atom stereocenters. The minimum atomic E-state index is -0.262. The van der Waals surface area contributed by atoms with Gasteiger partial charge in [0.25, 0.3) is 0 Å². The molecule has 102 valence electrons. The van der Waals surface area contributed by atoms with Gasteiger partial charge < -0.3 is 10.1 Å². The summed E-state index contributed by atoms with van der Waals surface area (Å²) in [5, 5.41) is 3.38. The maximum atomic E-state index is 13.8. The molecule has 18 heavy (non-hydrogen) atoms. The number of aryl methyl sites for hydroxylation is 1. The van der Waals surface area contributed by atoms with Crippen molar-refractivity contribution in [2.45, 2.75) is 40.7 Å². The molecule has 3 heteroatoms. The molecule has 0 fully saturated rings. The molecule has 0 aliphatic heterocycles. The molecule has 0 saturated carbocycles. The van der Waals surface area contributed by atoms with Gasteiger partial charge in [0.2, 0.25) is 0 Å². The molecule has 0 saturated heterocycles. The van der Waals surface area contributed by atoms with Crippen LogP contribution in [0.4, 0.5) is 4.39 Å². The van der Waals surface area contributed by atoms with Gasteiger partial charge in [-0.3, -0.25) is 0 Å². The molecule has 0 bridgehead atoms. The van der Waals surface area contributed by atoms with E-state index in [1.807, 2.05) is 6.07 Å². The zero-order valence-corrected chi connectivity index (χ0v) is 12.0. The fourth-order valence-electron chi connectivity index (χ4n) is 1.77. The number of halogens is 1. The Morgan fingerprint density at radius 2 is 2.00 bits per heavy atom. The molecule has 0 aliphatic rings. The lowest BCUT2D eigenvalue weighted by Crippen LogP contribution is -2.44. The molecule has 1 unspecified atom stereocenters. The molecule has 0 heterocycles. The lowest BCUT2D eigenvalue weighted by atomic mass is 9.87. The lowest BCUT2D eigenvalue weighted by molar-refractivity contribution is 0.171. The Balaban J connectivity index is 2.70. The molecule has 0 aromatic heterocycles. The van der Waals surface area contributed by atoms with Crippen LogP contribution in [0, 0.1) is 18.2 Å². The van der Waals surface area contributed by atoms with Crippen LogP contribution in [-0.4, -0.2) is 19.2 Å². The third-order valence-corrected chi connectivity index (χ3v) is 3.06. The maximum absolute atomic E-state index is 13.8. The smallest absolute Gasteiger partial charge is 0.167 e. The minimum absolute atomic E-state index is 0.0797. The van der Waals surface area contributed by atoms with Gasteiger partial charge in [0.05, 0.1) is 0 Å². The van der Waals surface area contributed by atoms with E-state index in [2.05, 4.69) is 33.0 Å². The van der Waals surface area contributed by atoms with Crippen LogP contribution in [0.2, 0.25) is 0 Å². The fourth-order valence-corrected chi connectivity index (χ4v) is 1.77. The quantitative estimate of drug-likeness (QED) is 0.866. The van der Waals surface area contributed by atoms with Gasteiger partial charge in [-0.15, -0.1) is 0 Å². The van der Waals surface area contributed by atoms with E-state index in [0.717, 1.165) is 6.54 Å². The summed E-state index contributed by atoms with van der Waals surface area (Å²) in [6.45, 7) is 11.6. The molecule has 2 nitrogen and oxygen atoms in total. The topological polar surface area (TPSA) is 21.3 Å². The van der Waals surface area contributed by atoms with Gasteiger partial charge >= 0.3 is 0 Å². The molecule has 0 radical (unpaired) electrons. The van der Waals surface area contributed by atoms with Gasteiger partial charge in [-0.05, 0) is 30.5 Å². The first kappa shape index (κ1) is 15.0. The highest BCUT2D eigenvalue weighted by Crippen LogP contribution is 2.23. The van der Waals surface area contributed by atoms with Crippen LogP contribution < -0.4 is 10.1 Å². The van der Waals surface area contributed by atoms with Crippen LogP contribution in [-0.2, 0) is 0 Å². The Hall–Kier alpha value is -1.09. The molecular formula is C15H24FNO. The van der Waals surface area contributed by atoms with E-state index < -0.39 is 0 Å². The Morgan fingerprint density at radius 3 is 2.56 bits per heavy atom. The van der Waals surface area contributed by atoms with Crippen molar-refractivity contribution >= 4 is 0 Å².